The van der Waals surface area contributed by atoms with E-state index >= 15 is 0 Å². The van der Waals surface area contributed by atoms with E-state index in [0.717, 1.165) is 38.9 Å². The minimum atomic E-state index is -1.01. The van der Waals surface area contributed by atoms with Gasteiger partial charge < -0.3 is 29.6 Å². The molecule has 0 fully saturated rings. The first-order chi connectivity index (χ1) is 32.1. The van der Waals surface area contributed by atoms with Gasteiger partial charge in [-0.05, 0) is 107 Å². The van der Waals surface area contributed by atoms with Crippen LogP contribution >= 0.6 is 0 Å². The average molecular weight is 923 g/mol. The van der Waals surface area contributed by atoms with E-state index in [2.05, 4.69) is 10.6 Å². The van der Waals surface area contributed by atoms with Gasteiger partial charge in [-0.15, -0.1) is 0 Å². The first-order valence-electron chi connectivity index (χ1n) is 22.6. The van der Waals surface area contributed by atoms with E-state index in [1.165, 1.54) is 28.4 Å². The molecule has 12 nitrogen and oxygen atoms in total. The molecular weight excluding hydrogens is 857 g/mol. The van der Waals surface area contributed by atoms with E-state index in [0.29, 0.717) is 18.4 Å². The molecule has 0 radical (unpaired) electrons. The maximum absolute atomic E-state index is 13.5. The number of benzene rings is 4. The number of aromatic nitrogens is 2. The number of nitrogens with one attached hydrogen (secondary N) is 2. The van der Waals surface area contributed by atoms with Crippen molar-refractivity contribution in [2.24, 2.45) is 11.8 Å². The monoisotopic (exact) mass is 922 g/mol. The van der Waals surface area contributed by atoms with Crippen LogP contribution < -0.4 is 21.8 Å². The van der Waals surface area contributed by atoms with Gasteiger partial charge in [0.05, 0.1) is 32.0 Å². The lowest BCUT2D eigenvalue weighted by Gasteiger charge is -2.25. The molecule has 0 aliphatic rings. The molecule has 2 aromatic heterocycles. The second-order valence-corrected chi connectivity index (χ2v) is 17.6. The van der Waals surface area contributed by atoms with Gasteiger partial charge in [-0.2, -0.15) is 0 Å². The van der Waals surface area contributed by atoms with Gasteiger partial charge in [0.15, 0.2) is 0 Å². The van der Waals surface area contributed by atoms with Gasteiger partial charge in [-0.25, -0.2) is 0 Å². The van der Waals surface area contributed by atoms with Gasteiger partial charge in [0.2, 0.25) is 11.8 Å². The lowest BCUT2D eigenvalue weighted by atomic mass is 9.95. The Hall–Kier alpha value is -7.34. The van der Waals surface area contributed by atoms with Crippen LogP contribution in [0.2, 0.25) is 0 Å². The van der Waals surface area contributed by atoms with Gasteiger partial charge in [-0.3, -0.25) is 28.8 Å². The highest BCUT2D eigenvalue weighted by Gasteiger charge is 2.29. The predicted molar refractivity (Wildman–Crippen MR) is 269 cm³/mol. The van der Waals surface area contributed by atoms with Crippen molar-refractivity contribution >= 4 is 23.8 Å². The van der Waals surface area contributed by atoms with Crippen molar-refractivity contribution in [1.29, 1.82) is 0 Å². The van der Waals surface area contributed by atoms with Crippen LogP contribution in [-0.4, -0.2) is 45.1 Å². The largest absolute Gasteiger partial charge is 0.481 e. The topological polar surface area (TPSA) is 166 Å². The normalized spacial score (nSPS) is 12.6. The number of aliphatic carboxylic acids is 1. The van der Waals surface area contributed by atoms with E-state index < -0.39 is 36.1 Å². The van der Waals surface area contributed by atoms with E-state index in [1.807, 2.05) is 139 Å². The summed E-state index contributed by atoms with van der Waals surface area (Å²) in [5.74, 6) is -1.77. The maximum Gasteiger partial charge on any atom is 0.307 e. The Bertz CT molecular complexity index is 2760. The number of nitrogens with zero attached hydrogens (tertiary/aromatic N) is 2. The molecule has 0 spiro atoms. The minimum Gasteiger partial charge on any atom is -0.481 e. The van der Waals surface area contributed by atoms with E-state index in [9.17, 15) is 33.9 Å². The summed E-state index contributed by atoms with van der Waals surface area (Å²) in [6, 6.07) is 38.3. The molecule has 0 aliphatic carbocycles. The summed E-state index contributed by atoms with van der Waals surface area (Å²) in [6.45, 7) is 12.0. The number of aryl methyl sites for hydroxylation is 2. The number of amides is 2. The van der Waals surface area contributed by atoms with Crippen molar-refractivity contribution in [3.8, 4) is 22.3 Å². The fourth-order valence-corrected chi connectivity index (χ4v) is 8.09. The van der Waals surface area contributed by atoms with Crippen LogP contribution in [0.15, 0.2) is 155 Å². The summed E-state index contributed by atoms with van der Waals surface area (Å²) in [5, 5.41) is 15.5. The van der Waals surface area contributed by atoms with Crippen LogP contribution in [-0.2, 0) is 23.9 Å². The summed E-state index contributed by atoms with van der Waals surface area (Å²) in [4.78, 5) is 75.6. The summed E-state index contributed by atoms with van der Waals surface area (Å²) in [7, 11) is 1.33. The zero-order chi connectivity index (χ0) is 48.6. The Balaban J connectivity index is 0.000000292. The van der Waals surface area contributed by atoms with Crippen molar-refractivity contribution < 1.29 is 29.0 Å². The third kappa shape index (κ3) is 14.8. The Morgan fingerprint density at radius 2 is 0.956 bits per heavy atom. The molecule has 2 heterocycles. The molecule has 6 rings (SSSR count). The second kappa shape index (κ2) is 25.5. The van der Waals surface area contributed by atoms with Crippen LogP contribution in [0.3, 0.4) is 0 Å². The first-order valence-corrected chi connectivity index (χ1v) is 22.6. The summed E-state index contributed by atoms with van der Waals surface area (Å²) >= 11 is 0. The second-order valence-electron chi connectivity index (χ2n) is 17.6. The number of hydrogen-bond acceptors (Lipinski definition) is 7. The van der Waals surface area contributed by atoms with Crippen molar-refractivity contribution in [1.82, 2.24) is 19.8 Å². The number of carboxylic acids is 1. The number of rotatable bonds is 18. The number of hydrogen-bond donors (Lipinski definition) is 3. The summed E-state index contributed by atoms with van der Waals surface area (Å²) < 4.78 is 7.77. The van der Waals surface area contributed by atoms with Crippen LogP contribution in [0.5, 0.6) is 0 Å². The molecule has 0 bridgehead atoms. The molecule has 0 saturated carbocycles. The average Bonchev–Trinajstić information content (AvgIpc) is 3.30. The molecule has 68 heavy (non-hydrogen) atoms. The number of carbonyl (C=O) groups excluding carboxylic acids is 3. The zero-order valence-electron chi connectivity index (χ0n) is 39.3. The molecule has 2 amide bonds. The highest BCUT2D eigenvalue weighted by molar-refractivity contribution is 5.83. The van der Waals surface area contributed by atoms with Gasteiger partial charge in [-0.1, -0.05) is 132 Å². The van der Waals surface area contributed by atoms with E-state index in [1.54, 1.807) is 36.7 Å². The molecule has 6 aromatic rings. The highest BCUT2D eigenvalue weighted by atomic mass is 16.5. The molecule has 0 aliphatic heterocycles. The smallest absolute Gasteiger partial charge is 0.307 e. The van der Waals surface area contributed by atoms with Crippen molar-refractivity contribution in [2.75, 3.05) is 7.11 Å². The molecule has 0 saturated heterocycles. The van der Waals surface area contributed by atoms with E-state index in [4.69, 9.17) is 4.74 Å². The SMILES string of the molecule is C.COC(=O)C[C@H](NC(=O)[C@H](CC(C)C)n1ccccc1=O)c1cccc(-c2ccccc2C)c1.Cc1ccccc1-c1cccc([C@H](CC(=O)O)NC(=O)[C@H](CC(C)C)n2ccccc2=O)c1. The lowest BCUT2D eigenvalue weighted by Crippen LogP contribution is -2.40. The first kappa shape index (κ1) is 53.3. The predicted octanol–water partition coefficient (Wildman–Crippen LogP) is 10.2. The highest BCUT2D eigenvalue weighted by Crippen LogP contribution is 2.30. The van der Waals surface area contributed by atoms with Crippen molar-refractivity contribution in [2.45, 2.75) is 98.8 Å². The number of pyridine rings is 2. The Morgan fingerprint density at radius 3 is 1.32 bits per heavy atom. The summed E-state index contributed by atoms with van der Waals surface area (Å²) in [6.07, 6.45) is 3.89. The number of methoxy groups -OCH3 is 1. The number of carbonyl (C=O) groups is 4. The third-order valence-corrected chi connectivity index (χ3v) is 11.5. The van der Waals surface area contributed by atoms with Crippen molar-refractivity contribution in [3.63, 3.8) is 0 Å². The quantitative estimate of drug-likeness (QED) is 0.0717. The van der Waals surface area contributed by atoms with Gasteiger partial charge in [0, 0.05) is 24.5 Å². The minimum absolute atomic E-state index is 0. The van der Waals surface area contributed by atoms with Gasteiger partial charge in [0.25, 0.3) is 11.1 Å². The number of ether oxygens (including phenoxy) is 1. The summed E-state index contributed by atoms with van der Waals surface area (Å²) in [5.41, 5.74) is 7.31. The third-order valence-electron chi connectivity index (χ3n) is 11.5. The fourth-order valence-electron chi connectivity index (χ4n) is 8.09. The molecule has 4 aromatic carbocycles. The Kier molecular flexibility index (Phi) is 20.0. The number of carboxylic acid groups (broad SMARTS) is 1. The molecular formula is C56H66N4O8. The lowest BCUT2D eigenvalue weighted by molar-refractivity contribution is -0.142. The standard InChI is InChI=1S/C28H32N2O4.C27H30N2O4.CH4/c1-19(2)16-25(30-15-8-7-14-26(30)31)28(33)29-24(18-27(32)34-4)22-12-9-11-21(17-22)23-13-6-5-10-20(23)3;1-18(2)15-24(29-14-7-6-13-25(29)30)27(33)28-23(17-26(31)32)21-11-8-10-20(16-21)22-12-5-4-9-19(22)3;/h5-15,17,19,24-25H,16,18H2,1-4H3,(H,29,33);4-14,16,18,23-24H,15,17H2,1-3H3,(H,28,33)(H,31,32);1H4/t24-,25-;23-,24-;/m00./s1. The molecule has 0 unspecified atom stereocenters. The molecule has 4 atom stereocenters. The maximum atomic E-state index is 13.5. The zero-order valence-corrected chi connectivity index (χ0v) is 39.3. The van der Waals surface area contributed by atoms with Crippen LogP contribution in [0, 0.1) is 25.7 Å². The molecule has 12 heteroatoms. The van der Waals surface area contributed by atoms with Crippen molar-refractivity contribution in [3.05, 3.63) is 189 Å². The van der Waals surface area contributed by atoms with Crippen LogP contribution in [0.4, 0.5) is 0 Å². The van der Waals surface area contributed by atoms with Gasteiger partial charge in [0.1, 0.15) is 12.1 Å². The van der Waals surface area contributed by atoms with Gasteiger partial charge >= 0.3 is 11.9 Å². The van der Waals surface area contributed by atoms with Crippen LogP contribution in [0.1, 0.15) is 107 Å². The number of esters is 1. The Morgan fingerprint density at radius 1 is 0.559 bits per heavy atom. The van der Waals surface area contributed by atoms with Crippen LogP contribution in [0.25, 0.3) is 22.3 Å². The Labute approximate surface area is 400 Å². The molecule has 358 valence electrons. The fraction of sp³-hybridized carbons (Fsp3) is 0.321. The van der Waals surface area contributed by atoms with E-state index in [-0.39, 0.29) is 55.0 Å². The molecule has 3 N–H and O–H groups in total.